The van der Waals surface area contributed by atoms with E-state index in [0.29, 0.717) is 11.1 Å². The van der Waals surface area contributed by atoms with Gasteiger partial charge in [-0.2, -0.15) is 0 Å². The molecule has 0 unspecified atom stereocenters. The Morgan fingerprint density at radius 1 is 1.40 bits per heavy atom. The Bertz CT molecular complexity index is 549. The van der Waals surface area contributed by atoms with Crippen LogP contribution >= 0.6 is 0 Å². The van der Waals surface area contributed by atoms with Crippen LogP contribution in [-0.4, -0.2) is 22.3 Å². The average molecular weight is 200 g/mol. The van der Waals surface area contributed by atoms with Gasteiger partial charge in [0, 0.05) is 11.6 Å². The molecular weight excluding hydrogens is 192 g/mol. The van der Waals surface area contributed by atoms with Crippen molar-refractivity contribution in [1.82, 2.24) is 4.98 Å². The number of fused-ring (bicyclic) bond motifs is 1. The lowest BCUT2D eigenvalue weighted by molar-refractivity contribution is 0.0693. The smallest absolute Gasteiger partial charge is 0.355 e. The molecule has 1 heterocycles. The highest BCUT2D eigenvalue weighted by Gasteiger charge is 2.10. The normalized spacial score (nSPS) is 10.1. The number of rotatable bonds is 2. The summed E-state index contributed by atoms with van der Waals surface area (Å²) < 4.78 is 0. The maximum atomic E-state index is 10.9. The van der Waals surface area contributed by atoms with Gasteiger partial charge in [-0.25, -0.2) is 9.78 Å². The molecule has 2 aromatic rings. The maximum Gasteiger partial charge on any atom is 0.355 e. The fourth-order valence-electron chi connectivity index (χ4n) is 1.46. The fourth-order valence-corrected chi connectivity index (χ4v) is 1.46. The van der Waals surface area contributed by atoms with Gasteiger partial charge in [0.05, 0.1) is 5.69 Å². The summed E-state index contributed by atoms with van der Waals surface area (Å²) in [6, 6.07) is 8.78. The van der Waals surface area contributed by atoms with E-state index in [1.165, 1.54) is 0 Å². The van der Waals surface area contributed by atoms with E-state index in [1.54, 1.807) is 24.3 Å². The highest BCUT2D eigenvalue weighted by Crippen LogP contribution is 2.17. The van der Waals surface area contributed by atoms with Gasteiger partial charge < -0.3 is 10.5 Å². The number of carboxylic acid groups (broad SMARTS) is 1. The molecule has 1 aromatic heterocycles. The van der Waals surface area contributed by atoms with E-state index in [4.69, 9.17) is 10.5 Å². The average Bonchev–Trinajstić information content (AvgIpc) is 2.27. The van der Waals surface area contributed by atoms with Crippen molar-refractivity contribution in [2.24, 2.45) is 0 Å². The van der Waals surface area contributed by atoms with Gasteiger partial charge in [0.15, 0.2) is 5.69 Å². The van der Waals surface area contributed by atoms with E-state index in [2.05, 4.69) is 4.98 Å². The summed E-state index contributed by atoms with van der Waals surface area (Å²) in [6.07, 6.45) is 1.04. The van der Waals surface area contributed by atoms with Crippen molar-refractivity contribution in [2.45, 2.75) is 0 Å². The number of carbonyl (C=O) groups is 1. The van der Waals surface area contributed by atoms with Crippen LogP contribution in [-0.2, 0) is 0 Å². The number of hydrogen-bond acceptors (Lipinski definition) is 3. The fraction of sp³-hybridized carbons (Fsp3) is 0. The molecule has 0 bridgehead atoms. The molecule has 0 saturated heterocycles. The molecule has 2 N–H and O–H groups in total. The Morgan fingerprint density at radius 3 is 2.80 bits per heavy atom. The first kappa shape index (κ1) is 9.33. The van der Waals surface area contributed by atoms with Gasteiger partial charge in [0.1, 0.15) is 0 Å². The minimum atomic E-state index is -1.07. The molecule has 0 aliphatic heterocycles. The summed E-state index contributed by atoms with van der Waals surface area (Å²) in [5, 5.41) is 17.4. The Labute approximate surface area is 85.7 Å². The van der Waals surface area contributed by atoms with E-state index in [0.717, 1.165) is 11.6 Å². The molecule has 4 heteroatoms. The number of carboxylic acids is 1. The lowest BCUT2D eigenvalue weighted by Crippen LogP contribution is -2.03. The van der Waals surface area contributed by atoms with E-state index in [1.807, 2.05) is 6.07 Å². The van der Waals surface area contributed by atoms with Gasteiger partial charge >= 0.3 is 5.97 Å². The Morgan fingerprint density at radius 2 is 2.13 bits per heavy atom. The van der Waals surface area contributed by atoms with Crippen LogP contribution in [0.2, 0.25) is 0 Å². The first-order chi connectivity index (χ1) is 7.22. The predicted molar refractivity (Wildman–Crippen MR) is 56.6 cm³/mol. The van der Waals surface area contributed by atoms with E-state index >= 15 is 0 Å². The standard InChI is InChI=1S/C11H8N2O2/c12-6-8-5-7-3-1-2-4-9(7)10(13-8)11(14)15/h1-6,12H,(H,14,15). The molecule has 0 radical (unpaired) electrons. The third kappa shape index (κ3) is 1.57. The third-order valence-corrected chi connectivity index (χ3v) is 2.11. The molecule has 1 aromatic carbocycles. The second-order valence-corrected chi connectivity index (χ2v) is 3.07. The van der Waals surface area contributed by atoms with Gasteiger partial charge in [-0.05, 0) is 11.5 Å². The lowest BCUT2D eigenvalue weighted by Gasteiger charge is -2.02. The third-order valence-electron chi connectivity index (χ3n) is 2.11. The zero-order chi connectivity index (χ0) is 10.8. The minimum Gasteiger partial charge on any atom is -0.476 e. The highest BCUT2D eigenvalue weighted by molar-refractivity contribution is 6.03. The Hall–Kier alpha value is -2.23. The lowest BCUT2D eigenvalue weighted by atomic mass is 10.1. The number of nitrogens with one attached hydrogen (secondary N) is 1. The molecule has 0 aliphatic rings. The van der Waals surface area contributed by atoms with Crippen molar-refractivity contribution in [2.75, 3.05) is 0 Å². The second-order valence-electron chi connectivity index (χ2n) is 3.07. The molecule has 0 aliphatic carbocycles. The summed E-state index contributed by atoms with van der Waals surface area (Å²) in [4.78, 5) is 14.8. The summed E-state index contributed by atoms with van der Waals surface area (Å²) in [7, 11) is 0. The topological polar surface area (TPSA) is 74.0 Å². The van der Waals surface area contributed by atoms with Crippen LogP contribution in [0.25, 0.3) is 10.8 Å². The first-order valence-corrected chi connectivity index (χ1v) is 4.36. The van der Waals surface area contributed by atoms with Crippen LogP contribution in [0.4, 0.5) is 0 Å². The van der Waals surface area contributed by atoms with E-state index in [-0.39, 0.29) is 5.69 Å². The van der Waals surface area contributed by atoms with Crippen LogP contribution in [0.3, 0.4) is 0 Å². The van der Waals surface area contributed by atoms with Gasteiger partial charge in [0.25, 0.3) is 0 Å². The minimum absolute atomic E-state index is 0.00778. The zero-order valence-corrected chi connectivity index (χ0v) is 7.77. The van der Waals surface area contributed by atoms with Crippen LogP contribution in [0.15, 0.2) is 30.3 Å². The number of aromatic nitrogens is 1. The summed E-state index contributed by atoms with van der Waals surface area (Å²) in [5.74, 6) is -1.07. The number of hydrogen-bond donors (Lipinski definition) is 2. The van der Waals surface area contributed by atoms with Crippen LogP contribution in [0.5, 0.6) is 0 Å². The molecule has 0 fully saturated rings. The number of pyridine rings is 1. The molecular formula is C11H8N2O2. The first-order valence-electron chi connectivity index (χ1n) is 4.36. The van der Waals surface area contributed by atoms with E-state index in [9.17, 15) is 4.79 Å². The monoisotopic (exact) mass is 200 g/mol. The van der Waals surface area contributed by atoms with Crippen molar-refractivity contribution >= 4 is 23.0 Å². The number of benzene rings is 1. The van der Waals surface area contributed by atoms with Gasteiger partial charge in [0.2, 0.25) is 0 Å². The zero-order valence-electron chi connectivity index (χ0n) is 7.77. The predicted octanol–water partition coefficient (Wildman–Crippen LogP) is 1.93. The Balaban J connectivity index is 2.86. The quantitative estimate of drug-likeness (QED) is 0.727. The summed E-state index contributed by atoms with van der Waals surface area (Å²) in [5.41, 5.74) is 0.345. The highest BCUT2D eigenvalue weighted by atomic mass is 16.4. The SMILES string of the molecule is N=Cc1cc2ccccc2c(C(=O)O)n1. The number of nitrogens with zero attached hydrogens (tertiary/aromatic N) is 1. The maximum absolute atomic E-state index is 10.9. The van der Waals surface area contributed by atoms with Crippen LogP contribution in [0, 0.1) is 5.41 Å². The molecule has 0 amide bonds. The van der Waals surface area contributed by atoms with Crippen molar-refractivity contribution in [1.29, 1.82) is 5.41 Å². The largest absolute Gasteiger partial charge is 0.476 e. The van der Waals surface area contributed by atoms with E-state index < -0.39 is 5.97 Å². The van der Waals surface area contributed by atoms with Gasteiger partial charge in [-0.15, -0.1) is 0 Å². The van der Waals surface area contributed by atoms with Crippen molar-refractivity contribution in [3.05, 3.63) is 41.7 Å². The summed E-state index contributed by atoms with van der Waals surface area (Å²) >= 11 is 0. The molecule has 4 nitrogen and oxygen atoms in total. The molecule has 74 valence electrons. The van der Waals surface area contributed by atoms with Crippen LogP contribution < -0.4 is 0 Å². The van der Waals surface area contributed by atoms with Gasteiger partial charge in [-0.3, -0.25) is 0 Å². The van der Waals surface area contributed by atoms with Gasteiger partial charge in [-0.1, -0.05) is 24.3 Å². The molecule has 0 saturated carbocycles. The second kappa shape index (κ2) is 3.49. The Kier molecular flexibility index (Phi) is 2.17. The molecule has 2 rings (SSSR count). The molecule has 0 atom stereocenters. The molecule has 15 heavy (non-hydrogen) atoms. The van der Waals surface area contributed by atoms with Crippen molar-refractivity contribution < 1.29 is 9.90 Å². The summed E-state index contributed by atoms with van der Waals surface area (Å²) in [6.45, 7) is 0. The molecule has 0 spiro atoms. The van der Waals surface area contributed by atoms with Crippen molar-refractivity contribution in [3.63, 3.8) is 0 Å². The number of aromatic carboxylic acids is 1. The van der Waals surface area contributed by atoms with Crippen LogP contribution in [0.1, 0.15) is 16.2 Å². The van der Waals surface area contributed by atoms with Crippen molar-refractivity contribution in [3.8, 4) is 0 Å².